The summed E-state index contributed by atoms with van der Waals surface area (Å²) < 4.78 is 11.3. The monoisotopic (exact) mass is 346 g/mol. The van der Waals surface area contributed by atoms with Crippen molar-refractivity contribution in [2.45, 2.75) is 19.6 Å². The first-order chi connectivity index (χ1) is 11.6. The van der Waals surface area contributed by atoms with Crippen molar-refractivity contribution < 1.29 is 14.3 Å². The average Bonchev–Trinajstić information content (AvgIpc) is 2.79. The molecule has 0 saturated heterocycles. The summed E-state index contributed by atoms with van der Waals surface area (Å²) in [5, 5.41) is 6.70. The largest absolute Gasteiger partial charge is 0.492 e. The maximum Gasteiger partial charge on any atom is 0.265 e. The van der Waals surface area contributed by atoms with E-state index in [1.54, 1.807) is 31.2 Å². The van der Waals surface area contributed by atoms with Crippen LogP contribution in [0.3, 0.4) is 0 Å². The molecular formula is C18H19ClN2O3. The first kappa shape index (κ1) is 16.6. The summed E-state index contributed by atoms with van der Waals surface area (Å²) >= 11 is 5.92. The zero-order valence-electron chi connectivity index (χ0n) is 13.3. The lowest BCUT2D eigenvalue weighted by Gasteiger charge is -2.16. The van der Waals surface area contributed by atoms with Gasteiger partial charge >= 0.3 is 0 Å². The Morgan fingerprint density at radius 3 is 3.04 bits per heavy atom. The number of anilines is 1. The maximum absolute atomic E-state index is 12.3. The zero-order chi connectivity index (χ0) is 16.9. The highest BCUT2D eigenvalue weighted by atomic mass is 35.5. The van der Waals surface area contributed by atoms with Crippen LogP contribution in [0.1, 0.15) is 12.5 Å². The Morgan fingerprint density at radius 1 is 1.33 bits per heavy atom. The smallest absolute Gasteiger partial charge is 0.265 e. The SMILES string of the molecule is CC(Oc1cccc(Cl)c1)C(=O)Nc1ccc2c(c1)CNCCO2. The van der Waals surface area contributed by atoms with E-state index >= 15 is 0 Å². The summed E-state index contributed by atoms with van der Waals surface area (Å²) in [6, 6.07) is 12.6. The molecule has 6 heteroatoms. The molecule has 3 rings (SSSR count). The fourth-order valence-electron chi connectivity index (χ4n) is 2.43. The van der Waals surface area contributed by atoms with E-state index in [2.05, 4.69) is 10.6 Å². The number of carbonyl (C=O) groups is 1. The van der Waals surface area contributed by atoms with Crippen LogP contribution in [0.4, 0.5) is 5.69 Å². The van der Waals surface area contributed by atoms with Crippen LogP contribution < -0.4 is 20.1 Å². The van der Waals surface area contributed by atoms with Crippen molar-refractivity contribution >= 4 is 23.2 Å². The van der Waals surface area contributed by atoms with Gasteiger partial charge in [0.25, 0.3) is 5.91 Å². The van der Waals surface area contributed by atoms with Gasteiger partial charge in [-0.05, 0) is 43.3 Å². The summed E-state index contributed by atoms with van der Waals surface area (Å²) in [7, 11) is 0. The second-order valence-electron chi connectivity index (χ2n) is 5.55. The van der Waals surface area contributed by atoms with E-state index in [-0.39, 0.29) is 5.91 Å². The third-order valence-corrected chi connectivity index (χ3v) is 3.89. The minimum atomic E-state index is -0.642. The molecule has 5 nitrogen and oxygen atoms in total. The minimum Gasteiger partial charge on any atom is -0.492 e. The van der Waals surface area contributed by atoms with Gasteiger partial charge in [-0.1, -0.05) is 17.7 Å². The molecule has 0 bridgehead atoms. The van der Waals surface area contributed by atoms with Crippen LogP contribution in [-0.4, -0.2) is 25.2 Å². The van der Waals surface area contributed by atoms with Crippen LogP contribution in [0.25, 0.3) is 0 Å². The van der Waals surface area contributed by atoms with E-state index in [0.29, 0.717) is 29.6 Å². The molecule has 0 aliphatic carbocycles. The number of rotatable bonds is 4. The maximum atomic E-state index is 12.3. The van der Waals surface area contributed by atoms with E-state index in [9.17, 15) is 4.79 Å². The Morgan fingerprint density at radius 2 is 2.21 bits per heavy atom. The van der Waals surface area contributed by atoms with E-state index in [4.69, 9.17) is 21.1 Å². The lowest BCUT2D eigenvalue weighted by atomic mass is 10.1. The third-order valence-electron chi connectivity index (χ3n) is 3.66. The van der Waals surface area contributed by atoms with Crippen molar-refractivity contribution in [3.05, 3.63) is 53.1 Å². The van der Waals surface area contributed by atoms with Crippen molar-refractivity contribution in [3.8, 4) is 11.5 Å². The van der Waals surface area contributed by atoms with Gasteiger partial charge in [-0.3, -0.25) is 4.79 Å². The van der Waals surface area contributed by atoms with Gasteiger partial charge in [0.2, 0.25) is 0 Å². The van der Waals surface area contributed by atoms with Gasteiger partial charge < -0.3 is 20.1 Å². The molecule has 1 amide bonds. The van der Waals surface area contributed by atoms with E-state index in [1.165, 1.54) is 0 Å². The third kappa shape index (κ3) is 4.19. The Labute approximate surface area is 145 Å². The lowest BCUT2D eigenvalue weighted by molar-refractivity contribution is -0.122. The van der Waals surface area contributed by atoms with Crippen LogP contribution >= 0.6 is 11.6 Å². The molecule has 0 aromatic heterocycles. The highest BCUT2D eigenvalue weighted by Gasteiger charge is 2.16. The van der Waals surface area contributed by atoms with Gasteiger partial charge in [0.05, 0.1) is 0 Å². The lowest BCUT2D eigenvalue weighted by Crippen LogP contribution is -2.30. The minimum absolute atomic E-state index is 0.225. The van der Waals surface area contributed by atoms with Gasteiger partial charge in [-0.25, -0.2) is 0 Å². The molecule has 1 atom stereocenters. The molecule has 1 heterocycles. The van der Waals surface area contributed by atoms with Crippen LogP contribution in [0.5, 0.6) is 11.5 Å². The topological polar surface area (TPSA) is 59.6 Å². The predicted octanol–water partition coefficient (Wildman–Crippen LogP) is 3.23. The normalized spacial score (nSPS) is 14.8. The summed E-state index contributed by atoms with van der Waals surface area (Å²) in [5.74, 6) is 1.18. The van der Waals surface area contributed by atoms with Crippen molar-refractivity contribution in [1.82, 2.24) is 5.32 Å². The highest BCUT2D eigenvalue weighted by molar-refractivity contribution is 6.30. The second kappa shape index (κ2) is 7.55. The molecule has 2 aromatic rings. The number of ether oxygens (including phenoxy) is 2. The highest BCUT2D eigenvalue weighted by Crippen LogP contribution is 2.24. The van der Waals surface area contributed by atoms with Gasteiger partial charge in [-0.2, -0.15) is 0 Å². The zero-order valence-corrected chi connectivity index (χ0v) is 14.1. The quantitative estimate of drug-likeness (QED) is 0.892. The number of carbonyl (C=O) groups excluding carboxylic acids is 1. The Hall–Kier alpha value is -2.24. The number of nitrogens with one attached hydrogen (secondary N) is 2. The average molecular weight is 347 g/mol. The van der Waals surface area contributed by atoms with Crippen LogP contribution in [0, 0.1) is 0 Å². The summed E-state index contributed by atoms with van der Waals surface area (Å²) in [6.07, 6.45) is -0.642. The fourth-order valence-corrected chi connectivity index (χ4v) is 2.61. The first-order valence-electron chi connectivity index (χ1n) is 7.81. The van der Waals surface area contributed by atoms with E-state index < -0.39 is 6.10 Å². The van der Waals surface area contributed by atoms with Gasteiger partial charge in [-0.15, -0.1) is 0 Å². The summed E-state index contributed by atoms with van der Waals surface area (Å²) in [5.41, 5.74) is 1.74. The van der Waals surface area contributed by atoms with Crippen LogP contribution in [0.2, 0.25) is 5.02 Å². The molecule has 24 heavy (non-hydrogen) atoms. The number of benzene rings is 2. The predicted molar refractivity (Wildman–Crippen MR) is 93.8 cm³/mol. The van der Waals surface area contributed by atoms with Crippen LogP contribution in [0.15, 0.2) is 42.5 Å². The number of fused-ring (bicyclic) bond motifs is 1. The van der Waals surface area contributed by atoms with Gasteiger partial charge in [0.1, 0.15) is 18.1 Å². The molecular weight excluding hydrogens is 328 g/mol. The Kier molecular flexibility index (Phi) is 5.23. The molecule has 2 N–H and O–H groups in total. The molecule has 1 aliphatic heterocycles. The van der Waals surface area contributed by atoms with Crippen molar-refractivity contribution in [2.75, 3.05) is 18.5 Å². The number of halogens is 1. The van der Waals surface area contributed by atoms with Crippen molar-refractivity contribution in [1.29, 1.82) is 0 Å². The molecule has 0 spiro atoms. The van der Waals surface area contributed by atoms with Crippen molar-refractivity contribution in [2.24, 2.45) is 0 Å². The number of hydrogen-bond acceptors (Lipinski definition) is 4. The molecule has 1 aliphatic rings. The van der Waals surface area contributed by atoms with Crippen molar-refractivity contribution in [3.63, 3.8) is 0 Å². The standard InChI is InChI=1S/C18H19ClN2O3/c1-12(24-16-4-2-3-14(19)10-16)18(22)21-15-5-6-17-13(9-15)11-20-7-8-23-17/h2-6,9-10,12,20H,7-8,11H2,1H3,(H,21,22). The number of amides is 1. The van der Waals surface area contributed by atoms with E-state index in [0.717, 1.165) is 17.9 Å². The van der Waals surface area contributed by atoms with Crippen LogP contribution in [-0.2, 0) is 11.3 Å². The molecule has 2 aromatic carbocycles. The second-order valence-corrected chi connectivity index (χ2v) is 5.99. The Bertz CT molecular complexity index is 736. The van der Waals surface area contributed by atoms with Gasteiger partial charge in [0, 0.05) is 29.4 Å². The fraction of sp³-hybridized carbons (Fsp3) is 0.278. The van der Waals surface area contributed by atoms with E-state index in [1.807, 2.05) is 18.2 Å². The first-order valence-corrected chi connectivity index (χ1v) is 8.19. The van der Waals surface area contributed by atoms with Gasteiger partial charge in [0.15, 0.2) is 6.10 Å². The molecule has 1 unspecified atom stereocenters. The molecule has 0 radical (unpaired) electrons. The molecule has 0 saturated carbocycles. The summed E-state index contributed by atoms with van der Waals surface area (Å²) in [6.45, 7) is 3.86. The number of hydrogen-bond donors (Lipinski definition) is 2. The summed E-state index contributed by atoms with van der Waals surface area (Å²) in [4.78, 5) is 12.3. The molecule has 126 valence electrons. The molecule has 0 fully saturated rings. The Balaban J connectivity index is 1.64.